The van der Waals surface area contributed by atoms with Crippen molar-refractivity contribution in [2.24, 2.45) is 5.92 Å². The number of rotatable bonds is 1. The van der Waals surface area contributed by atoms with E-state index >= 15 is 0 Å². The van der Waals surface area contributed by atoms with Gasteiger partial charge in [-0.15, -0.1) is 0 Å². The molecule has 0 aromatic carbocycles. The molecule has 0 spiro atoms. The summed E-state index contributed by atoms with van der Waals surface area (Å²) in [4.78, 5) is 2.71. The predicted molar refractivity (Wildman–Crippen MR) is 59.6 cm³/mol. The van der Waals surface area contributed by atoms with Gasteiger partial charge in [0.2, 0.25) is 0 Å². The maximum Gasteiger partial charge on any atom is 0.0950 e. The molecule has 82 valence electrons. The van der Waals surface area contributed by atoms with Crippen LogP contribution in [0.25, 0.3) is 0 Å². The molecule has 3 rings (SSSR count). The topological polar surface area (TPSA) is 16.4 Å². The molecule has 1 aromatic rings. The van der Waals surface area contributed by atoms with Crippen molar-refractivity contribution in [1.29, 1.82) is 0 Å². The zero-order chi connectivity index (χ0) is 10.3. The summed E-state index contributed by atoms with van der Waals surface area (Å²) in [6.45, 7) is 3.69. The van der Waals surface area contributed by atoms with Crippen LogP contribution in [0, 0.1) is 5.92 Å². The number of nitrogens with zero attached hydrogens (tertiary/aromatic N) is 1. The lowest BCUT2D eigenvalue weighted by Gasteiger charge is -2.41. The molecule has 2 heteroatoms. The van der Waals surface area contributed by atoms with Crippen LogP contribution in [0.3, 0.4) is 0 Å². The Balaban J connectivity index is 1.85. The van der Waals surface area contributed by atoms with Crippen LogP contribution in [0.15, 0.2) is 23.0 Å². The quantitative estimate of drug-likeness (QED) is 0.700. The average molecular weight is 205 g/mol. The Morgan fingerprint density at radius 2 is 2.27 bits per heavy atom. The second-order valence-electron chi connectivity index (χ2n) is 5.07. The first-order valence-corrected chi connectivity index (χ1v) is 6.14. The highest BCUT2D eigenvalue weighted by Crippen LogP contribution is 2.41. The van der Waals surface area contributed by atoms with E-state index in [-0.39, 0.29) is 0 Å². The molecule has 0 aliphatic carbocycles. The molecule has 3 atom stereocenters. The van der Waals surface area contributed by atoms with Crippen LogP contribution < -0.4 is 0 Å². The number of fused-ring (bicyclic) bond motifs is 1. The molecule has 2 aliphatic heterocycles. The minimum absolute atomic E-state index is 0.632. The van der Waals surface area contributed by atoms with Gasteiger partial charge >= 0.3 is 0 Å². The summed E-state index contributed by atoms with van der Waals surface area (Å²) >= 11 is 0. The van der Waals surface area contributed by atoms with E-state index < -0.39 is 0 Å². The van der Waals surface area contributed by atoms with Gasteiger partial charge in [0.15, 0.2) is 0 Å². The zero-order valence-corrected chi connectivity index (χ0v) is 9.36. The molecular weight excluding hydrogens is 186 g/mol. The summed E-state index contributed by atoms with van der Waals surface area (Å²) in [5.41, 5.74) is 1.38. The van der Waals surface area contributed by atoms with Crippen LogP contribution in [0.5, 0.6) is 0 Å². The van der Waals surface area contributed by atoms with Gasteiger partial charge in [-0.1, -0.05) is 6.92 Å². The Bertz CT molecular complexity index is 319. The molecule has 2 saturated heterocycles. The van der Waals surface area contributed by atoms with E-state index in [9.17, 15) is 0 Å². The number of piperidine rings is 1. The highest BCUT2D eigenvalue weighted by molar-refractivity contribution is 5.14. The summed E-state index contributed by atoms with van der Waals surface area (Å²) in [6.07, 6.45) is 9.18. The molecule has 3 heterocycles. The van der Waals surface area contributed by atoms with Crippen molar-refractivity contribution in [1.82, 2.24) is 4.90 Å². The van der Waals surface area contributed by atoms with Crippen LogP contribution in [-0.2, 0) is 0 Å². The molecule has 15 heavy (non-hydrogen) atoms. The molecule has 0 amide bonds. The molecule has 2 aliphatic rings. The van der Waals surface area contributed by atoms with Crippen LogP contribution in [0.1, 0.15) is 44.2 Å². The Kier molecular flexibility index (Phi) is 2.32. The first kappa shape index (κ1) is 9.46. The lowest BCUT2D eigenvalue weighted by Crippen LogP contribution is -2.41. The predicted octanol–water partition coefficient (Wildman–Crippen LogP) is 3.22. The fraction of sp³-hybridized carbons (Fsp3) is 0.692. The van der Waals surface area contributed by atoms with Crippen molar-refractivity contribution in [3.63, 3.8) is 0 Å². The minimum atomic E-state index is 0.632. The lowest BCUT2D eigenvalue weighted by atomic mass is 9.85. The third-order valence-electron chi connectivity index (χ3n) is 4.22. The Hall–Kier alpha value is -0.760. The van der Waals surface area contributed by atoms with Crippen molar-refractivity contribution >= 4 is 0 Å². The molecular formula is C13H19NO. The zero-order valence-electron chi connectivity index (χ0n) is 9.36. The summed E-state index contributed by atoms with van der Waals surface area (Å²) in [6, 6.07) is 3.60. The van der Waals surface area contributed by atoms with Gasteiger partial charge in [-0.3, -0.25) is 4.90 Å². The van der Waals surface area contributed by atoms with Gasteiger partial charge in [-0.25, -0.2) is 0 Å². The van der Waals surface area contributed by atoms with Crippen molar-refractivity contribution in [2.75, 3.05) is 6.54 Å². The van der Waals surface area contributed by atoms with Gasteiger partial charge in [-0.05, 0) is 44.2 Å². The lowest BCUT2D eigenvalue weighted by molar-refractivity contribution is 0.0812. The minimum Gasteiger partial charge on any atom is -0.472 e. The Morgan fingerprint density at radius 1 is 1.33 bits per heavy atom. The average Bonchev–Trinajstić information content (AvgIpc) is 2.88. The summed E-state index contributed by atoms with van der Waals surface area (Å²) in [7, 11) is 0. The summed E-state index contributed by atoms with van der Waals surface area (Å²) in [5, 5.41) is 0. The fourth-order valence-electron chi connectivity index (χ4n) is 3.41. The molecule has 1 aromatic heterocycles. The largest absolute Gasteiger partial charge is 0.472 e. The summed E-state index contributed by atoms with van der Waals surface area (Å²) in [5.74, 6) is 0.885. The van der Waals surface area contributed by atoms with Crippen LogP contribution in [-0.4, -0.2) is 17.5 Å². The standard InChI is InChI=1S/C13H19NO/c1-10-4-5-13(11-6-8-15-9-11)14-7-2-3-12(10)14/h6,8-10,12-13H,2-5,7H2,1H3/t10-,12+,13-/m1/s1. The normalized spacial score (nSPS) is 36.7. The first-order chi connectivity index (χ1) is 7.36. The van der Waals surface area contributed by atoms with Gasteiger partial charge in [-0.2, -0.15) is 0 Å². The number of hydrogen-bond acceptors (Lipinski definition) is 2. The molecule has 0 bridgehead atoms. The van der Waals surface area contributed by atoms with Crippen LogP contribution >= 0.6 is 0 Å². The molecule has 0 saturated carbocycles. The van der Waals surface area contributed by atoms with Gasteiger partial charge in [0.25, 0.3) is 0 Å². The van der Waals surface area contributed by atoms with E-state index in [4.69, 9.17) is 4.42 Å². The van der Waals surface area contributed by atoms with E-state index in [0.29, 0.717) is 6.04 Å². The Morgan fingerprint density at radius 3 is 3.07 bits per heavy atom. The Labute approximate surface area is 91.3 Å². The van der Waals surface area contributed by atoms with E-state index in [0.717, 1.165) is 12.0 Å². The fourth-order valence-corrected chi connectivity index (χ4v) is 3.41. The van der Waals surface area contributed by atoms with Crippen LogP contribution in [0.2, 0.25) is 0 Å². The van der Waals surface area contributed by atoms with Crippen LogP contribution in [0.4, 0.5) is 0 Å². The first-order valence-electron chi connectivity index (χ1n) is 6.14. The summed E-state index contributed by atoms with van der Waals surface area (Å²) < 4.78 is 5.22. The SMILES string of the molecule is C[C@@H]1CC[C@H](c2ccoc2)N2CCC[C@@H]12. The maximum absolute atomic E-state index is 5.22. The third kappa shape index (κ3) is 1.51. The monoisotopic (exact) mass is 205 g/mol. The maximum atomic E-state index is 5.22. The molecule has 2 fully saturated rings. The van der Waals surface area contributed by atoms with E-state index in [2.05, 4.69) is 17.9 Å². The second kappa shape index (κ2) is 3.67. The number of hydrogen-bond donors (Lipinski definition) is 0. The van der Waals surface area contributed by atoms with Gasteiger partial charge in [0.1, 0.15) is 0 Å². The van der Waals surface area contributed by atoms with Crippen molar-refractivity contribution in [3.8, 4) is 0 Å². The van der Waals surface area contributed by atoms with E-state index in [1.165, 1.54) is 37.8 Å². The second-order valence-corrected chi connectivity index (χ2v) is 5.07. The highest BCUT2D eigenvalue weighted by atomic mass is 16.3. The van der Waals surface area contributed by atoms with Crippen molar-refractivity contribution in [3.05, 3.63) is 24.2 Å². The van der Waals surface area contributed by atoms with Crippen molar-refractivity contribution < 1.29 is 4.42 Å². The van der Waals surface area contributed by atoms with Gasteiger partial charge in [0, 0.05) is 17.6 Å². The molecule has 2 nitrogen and oxygen atoms in total. The number of furan rings is 1. The van der Waals surface area contributed by atoms with E-state index in [1.807, 2.05) is 6.26 Å². The van der Waals surface area contributed by atoms with Gasteiger partial charge < -0.3 is 4.42 Å². The van der Waals surface area contributed by atoms with Gasteiger partial charge in [0.05, 0.1) is 12.5 Å². The highest BCUT2D eigenvalue weighted by Gasteiger charge is 2.38. The smallest absolute Gasteiger partial charge is 0.0950 e. The third-order valence-corrected chi connectivity index (χ3v) is 4.22. The van der Waals surface area contributed by atoms with E-state index in [1.54, 1.807) is 6.26 Å². The molecule has 0 N–H and O–H groups in total. The molecule has 0 radical (unpaired) electrons. The van der Waals surface area contributed by atoms with Crippen molar-refractivity contribution in [2.45, 2.75) is 44.7 Å². The molecule has 0 unspecified atom stereocenters.